The Morgan fingerprint density at radius 1 is 1.00 bits per heavy atom. The molecule has 1 atom stereocenters. The van der Waals surface area contributed by atoms with Crippen molar-refractivity contribution in [2.24, 2.45) is 21.9 Å². The number of hydrogen-bond acceptors (Lipinski definition) is 4. The van der Waals surface area contributed by atoms with Crippen molar-refractivity contribution in [1.82, 2.24) is 0 Å². The van der Waals surface area contributed by atoms with Gasteiger partial charge in [-0.05, 0) is 62.7 Å². The molecule has 1 unspecified atom stereocenters. The van der Waals surface area contributed by atoms with Crippen LogP contribution in [0.25, 0.3) is 0 Å². The van der Waals surface area contributed by atoms with Gasteiger partial charge >= 0.3 is 6.36 Å². The maximum atomic E-state index is 12.3. The molecule has 0 radical (unpaired) electrons. The van der Waals surface area contributed by atoms with Crippen LogP contribution in [0.1, 0.15) is 40.2 Å². The van der Waals surface area contributed by atoms with Gasteiger partial charge in [-0.15, -0.1) is 13.2 Å². The highest BCUT2D eigenvalue weighted by molar-refractivity contribution is 5.75. The minimum absolute atomic E-state index is 0.0881. The van der Waals surface area contributed by atoms with E-state index in [0.29, 0.717) is 34.0 Å². The number of alkyl halides is 3. The summed E-state index contributed by atoms with van der Waals surface area (Å²) in [5.74, 6) is 0.875. The van der Waals surface area contributed by atoms with E-state index in [9.17, 15) is 13.2 Å². The summed E-state index contributed by atoms with van der Waals surface area (Å²) in [4.78, 5) is 4.70. The lowest BCUT2D eigenvalue weighted by Gasteiger charge is -2.44. The third-order valence-electron chi connectivity index (χ3n) is 5.91. The zero-order valence-electron chi connectivity index (χ0n) is 20.5. The second-order valence-corrected chi connectivity index (χ2v) is 9.41. The van der Waals surface area contributed by atoms with Gasteiger partial charge in [-0.2, -0.15) is 4.99 Å². The Bertz CT molecular complexity index is 942. The predicted octanol–water partition coefficient (Wildman–Crippen LogP) is 5.34. The van der Waals surface area contributed by atoms with Crippen molar-refractivity contribution in [3.05, 3.63) is 54.1 Å². The molecule has 0 aromatic heterocycles. The molecule has 0 fully saturated rings. The molecule has 0 heterocycles. The van der Waals surface area contributed by atoms with Gasteiger partial charge in [0.25, 0.3) is 5.96 Å². The zero-order chi connectivity index (χ0) is 25.6. The number of aliphatic imine (C=N–C) groups is 1. The highest BCUT2D eigenvalue weighted by Crippen LogP contribution is 2.27. The molecular formula is C25H36F3N4O2+. The number of nitrogens with two attached hydrogens (primary N) is 2. The summed E-state index contributed by atoms with van der Waals surface area (Å²) < 4.78 is 47.0. The monoisotopic (exact) mass is 481 g/mol. The van der Waals surface area contributed by atoms with Gasteiger partial charge in [0.2, 0.25) is 0 Å². The molecule has 2 aromatic carbocycles. The number of benzene rings is 2. The van der Waals surface area contributed by atoms with Gasteiger partial charge in [0, 0.05) is 12.0 Å². The van der Waals surface area contributed by atoms with Crippen molar-refractivity contribution >= 4 is 11.6 Å². The van der Waals surface area contributed by atoms with Crippen LogP contribution in [0.4, 0.5) is 18.9 Å². The van der Waals surface area contributed by atoms with Crippen molar-refractivity contribution in [2.45, 2.75) is 53.6 Å². The summed E-state index contributed by atoms with van der Waals surface area (Å²) in [5, 5.41) is 0. The summed E-state index contributed by atoms with van der Waals surface area (Å²) in [5.41, 5.74) is 13.9. The molecule has 0 spiro atoms. The predicted molar refractivity (Wildman–Crippen MR) is 129 cm³/mol. The second kappa shape index (κ2) is 11.1. The summed E-state index contributed by atoms with van der Waals surface area (Å²) in [6.45, 7) is 13.0. The number of ether oxygens (including phenoxy) is 2. The number of guanidine groups is 1. The fourth-order valence-corrected chi connectivity index (χ4v) is 3.80. The molecule has 0 aliphatic heterocycles. The van der Waals surface area contributed by atoms with Crippen LogP contribution in [0.5, 0.6) is 11.5 Å². The Balaban J connectivity index is 2.09. The molecule has 0 saturated carbocycles. The molecule has 34 heavy (non-hydrogen) atoms. The number of quaternary nitrogens is 1. The lowest BCUT2D eigenvalue weighted by atomic mass is 9.91. The Labute approximate surface area is 200 Å². The minimum Gasteiger partial charge on any atom is -0.489 e. The van der Waals surface area contributed by atoms with Crippen molar-refractivity contribution in [1.29, 1.82) is 0 Å². The highest BCUT2D eigenvalue weighted by Gasteiger charge is 2.40. The van der Waals surface area contributed by atoms with Gasteiger partial charge in [0.15, 0.2) is 0 Å². The molecule has 4 N–H and O–H groups in total. The van der Waals surface area contributed by atoms with E-state index in [-0.39, 0.29) is 23.8 Å². The van der Waals surface area contributed by atoms with E-state index in [1.807, 2.05) is 12.1 Å². The van der Waals surface area contributed by atoms with E-state index < -0.39 is 6.36 Å². The average molecular weight is 482 g/mol. The third kappa shape index (κ3) is 7.63. The maximum Gasteiger partial charge on any atom is 0.573 e. The number of nitrogens with zero attached hydrogens (tertiary/aromatic N) is 2. The van der Waals surface area contributed by atoms with Crippen molar-refractivity contribution in [2.75, 3.05) is 19.6 Å². The van der Waals surface area contributed by atoms with E-state index in [2.05, 4.69) is 39.4 Å². The molecule has 0 bridgehead atoms. The van der Waals surface area contributed by atoms with E-state index >= 15 is 0 Å². The van der Waals surface area contributed by atoms with E-state index in [0.717, 1.165) is 13.1 Å². The van der Waals surface area contributed by atoms with Gasteiger partial charge in [0.1, 0.15) is 18.1 Å². The molecular weight excluding hydrogens is 445 g/mol. The molecule has 0 saturated heterocycles. The van der Waals surface area contributed by atoms with Gasteiger partial charge in [0.05, 0.1) is 24.8 Å². The lowest BCUT2D eigenvalue weighted by Crippen LogP contribution is -2.64. The van der Waals surface area contributed by atoms with Crippen LogP contribution in [0.2, 0.25) is 0 Å². The fraction of sp³-hybridized carbons (Fsp3) is 0.480. The Morgan fingerprint density at radius 2 is 1.56 bits per heavy atom. The Hall–Kier alpha value is -2.78. The first-order valence-electron chi connectivity index (χ1n) is 11.3. The molecule has 6 nitrogen and oxygen atoms in total. The van der Waals surface area contributed by atoms with Crippen molar-refractivity contribution in [3.8, 4) is 11.5 Å². The molecule has 0 amide bonds. The first kappa shape index (κ1) is 27.5. The molecule has 188 valence electrons. The fourth-order valence-electron chi connectivity index (χ4n) is 3.80. The third-order valence-corrected chi connectivity index (χ3v) is 5.91. The van der Waals surface area contributed by atoms with Crippen molar-refractivity contribution < 1.29 is 27.1 Å². The Kier molecular flexibility index (Phi) is 8.96. The standard InChI is InChI=1S/C25H36F3N4O2/c1-6-32(18(2)3,17-24(4,5)16-29)23(30)31-20-9-13-21(14-10-20)33-15-19-7-11-22(12-8-19)34-25(26,27)28/h7-14,18H,6,15-17,29H2,1-5H3,(H2,30,31)/q+1. The van der Waals surface area contributed by atoms with Crippen LogP contribution in [0.15, 0.2) is 53.5 Å². The minimum atomic E-state index is -4.71. The topological polar surface area (TPSA) is 82.9 Å². The SMILES string of the molecule is CC[N+](CC(C)(C)CN)(C(N)=Nc1ccc(OCc2ccc(OC(F)(F)F)cc2)cc1)C(C)C. The molecule has 0 aliphatic carbocycles. The zero-order valence-corrected chi connectivity index (χ0v) is 20.5. The largest absolute Gasteiger partial charge is 0.573 e. The highest BCUT2D eigenvalue weighted by atomic mass is 19.4. The van der Waals surface area contributed by atoms with Crippen LogP contribution >= 0.6 is 0 Å². The number of hydrogen-bond donors (Lipinski definition) is 2. The molecule has 2 aromatic rings. The van der Waals surface area contributed by atoms with Crippen LogP contribution in [-0.4, -0.2) is 42.5 Å². The molecule has 0 aliphatic rings. The molecule has 9 heteroatoms. The van der Waals surface area contributed by atoms with Gasteiger partial charge < -0.3 is 20.9 Å². The van der Waals surface area contributed by atoms with Gasteiger partial charge in [-0.25, -0.2) is 0 Å². The average Bonchev–Trinajstić information content (AvgIpc) is 2.76. The van der Waals surface area contributed by atoms with Crippen LogP contribution in [0, 0.1) is 5.41 Å². The lowest BCUT2D eigenvalue weighted by molar-refractivity contribution is -0.869. The van der Waals surface area contributed by atoms with Crippen LogP contribution in [0.3, 0.4) is 0 Å². The quantitative estimate of drug-likeness (QED) is 0.273. The van der Waals surface area contributed by atoms with Gasteiger partial charge in [-0.3, -0.25) is 4.48 Å². The van der Waals surface area contributed by atoms with E-state index in [1.54, 1.807) is 12.1 Å². The number of halogens is 3. The van der Waals surface area contributed by atoms with Crippen LogP contribution in [-0.2, 0) is 6.61 Å². The smallest absolute Gasteiger partial charge is 0.489 e. The summed E-state index contributed by atoms with van der Waals surface area (Å²) in [6, 6.07) is 13.0. The van der Waals surface area contributed by atoms with Crippen LogP contribution < -0.4 is 20.9 Å². The first-order chi connectivity index (χ1) is 15.8. The van der Waals surface area contributed by atoms with Gasteiger partial charge in [-0.1, -0.05) is 26.0 Å². The normalized spacial score (nSPS) is 14.7. The Morgan fingerprint density at radius 3 is 2.03 bits per heavy atom. The summed E-state index contributed by atoms with van der Waals surface area (Å²) in [6.07, 6.45) is -4.71. The summed E-state index contributed by atoms with van der Waals surface area (Å²) in [7, 11) is 0. The molecule has 2 rings (SSSR count). The summed E-state index contributed by atoms with van der Waals surface area (Å²) >= 11 is 0. The number of rotatable bonds is 10. The van der Waals surface area contributed by atoms with Crippen molar-refractivity contribution in [3.63, 3.8) is 0 Å². The van der Waals surface area contributed by atoms with E-state index in [1.165, 1.54) is 24.3 Å². The van der Waals surface area contributed by atoms with E-state index in [4.69, 9.17) is 21.2 Å². The first-order valence-corrected chi connectivity index (χ1v) is 11.3. The maximum absolute atomic E-state index is 12.3. The second-order valence-electron chi connectivity index (χ2n) is 9.41.